The first-order chi connectivity index (χ1) is 8.41. The molecule has 2 nitrogen and oxygen atoms in total. The lowest BCUT2D eigenvalue weighted by molar-refractivity contribution is 0.121. The molecule has 18 heavy (non-hydrogen) atoms. The summed E-state index contributed by atoms with van der Waals surface area (Å²) in [4.78, 5) is 0. The van der Waals surface area contributed by atoms with Crippen molar-refractivity contribution in [3.05, 3.63) is 23.8 Å². The SMILES string of the molecule is C[C@@H]1[C@@H]2C[C@@H](C[C@H]2c2ccc(O)cc2O)C1(C)C. The highest BCUT2D eigenvalue weighted by molar-refractivity contribution is 5.42. The molecular formula is C16H22O2. The molecule has 4 atom stereocenters. The fraction of sp³-hybridized carbons (Fsp3) is 0.625. The van der Waals surface area contributed by atoms with Gasteiger partial charge in [0.05, 0.1) is 0 Å². The molecule has 2 aliphatic carbocycles. The third-order valence-electron chi connectivity index (χ3n) is 5.89. The van der Waals surface area contributed by atoms with Crippen LogP contribution in [-0.2, 0) is 0 Å². The Morgan fingerprint density at radius 1 is 1.17 bits per heavy atom. The Kier molecular flexibility index (Phi) is 2.42. The monoisotopic (exact) mass is 246 g/mol. The maximum atomic E-state index is 10.0. The van der Waals surface area contributed by atoms with Crippen molar-refractivity contribution < 1.29 is 10.2 Å². The van der Waals surface area contributed by atoms with Crippen molar-refractivity contribution in [1.82, 2.24) is 0 Å². The zero-order valence-electron chi connectivity index (χ0n) is 11.4. The van der Waals surface area contributed by atoms with Gasteiger partial charge in [0.1, 0.15) is 11.5 Å². The Morgan fingerprint density at radius 3 is 2.44 bits per heavy atom. The van der Waals surface area contributed by atoms with Gasteiger partial charge in [-0.05, 0) is 53.6 Å². The highest BCUT2D eigenvalue weighted by atomic mass is 16.3. The minimum atomic E-state index is 0.146. The molecule has 0 heterocycles. The number of fused-ring (bicyclic) bond motifs is 2. The molecular weight excluding hydrogens is 224 g/mol. The van der Waals surface area contributed by atoms with Crippen LogP contribution < -0.4 is 0 Å². The zero-order valence-corrected chi connectivity index (χ0v) is 11.4. The van der Waals surface area contributed by atoms with Crippen LogP contribution >= 0.6 is 0 Å². The second kappa shape index (κ2) is 3.66. The van der Waals surface area contributed by atoms with Gasteiger partial charge in [0.25, 0.3) is 0 Å². The second-order valence-electron chi connectivity index (χ2n) is 6.79. The quantitative estimate of drug-likeness (QED) is 0.789. The van der Waals surface area contributed by atoms with Gasteiger partial charge in [-0.3, -0.25) is 0 Å². The summed E-state index contributed by atoms with van der Waals surface area (Å²) in [6, 6.07) is 5.06. The molecule has 0 unspecified atom stereocenters. The number of phenolic OH excluding ortho intramolecular Hbond substituents is 2. The molecule has 2 saturated carbocycles. The molecule has 0 saturated heterocycles. The average Bonchev–Trinajstić information content (AvgIpc) is 2.79. The van der Waals surface area contributed by atoms with Crippen LogP contribution in [0.5, 0.6) is 11.5 Å². The normalized spacial score (nSPS) is 37.1. The van der Waals surface area contributed by atoms with Gasteiger partial charge >= 0.3 is 0 Å². The molecule has 98 valence electrons. The summed E-state index contributed by atoms with van der Waals surface area (Å²) in [6.07, 6.45) is 2.47. The van der Waals surface area contributed by atoms with E-state index in [1.807, 2.05) is 6.07 Å². The van der Waals surface area contributed by atoms with E-state index < -0.39 is 0 Å². The van der Waals surface area contributed by atoms with E-state index in [1.54, 1.807) is 6.07 Å². The smallest absolute Gasteiger partial charge is 0.122 e. The Morgan fingerprint density at radius 2 is 1.89 bits per heavy atom. The standard InChI is InChI=1S/C16H22O2/c1-9-13-6-10(16(9,2)3)7-14(13)12-5-4-11(17)8-15(12)18/h4-5,8-10,13-14,17-18H,6-7H2,1-3H3/t9-,10+,13+,14+/m1/s1. The van der Waals surface area contributed by atoms with Gasteiger partial charge in [0.15, 0.2) is 0 Å². The van der Waals surface area contributed by atoms with Crippen LogP contribution in [0.3, 0.4) is 0 Å². The number of rotatable bonds is 1. The molecule has 3 rings (SSSR count). The van der Waals surface area contributed by atoms with Crippen LogP contribution in [0.15, 0.2) is 18.2 Å². The highest BCUT2D eigenvalue weighted by Gasteiger charge is 2.55. The first-order valence-electron chi connectivity index (χ1n) is 6.93. The van der Waals surface area contributed by atoms with E-state index in [0.717, 1.165) is 11.5 Å². The van der Waals surface area contributed by atoms with E-state index in [9.17, 15) is 10.2 Å². The van der Waals surface area contributed by atoms with Gasteiger partial charge in [0, 0.05) is 6.07 Å². The summed E-state index contributed by atoms with van der Waals surface area (Å²) in [5.74, 6) is 3.04. The Balaban J connectivity index is 1.93. The lowest BCUT2D eigenvalue weighted by atomic mass is 9.65. The van der Waals surface area contributed by atoms with Crippen molar-refractivity contribution in [3.8, 4) is 11.5 Å². The predicted octanol–water partition coefficient (Wildman–Crippen LogP) is 3.88. The third kappa shape index (κ3) is 1.47. The van der Waals surface area contributed by atoms with Gasteiger partial charge in [-0.1, -0.05) is 26.8 Å². The second-order valence-corrected chi connectivity index (χ2v) is 6.79. The van der Waals surface area contributed by atoms with Crippen molar-refractivity contribution in [2.45, 2.75) is 39.5 Å². The van der Waals surface area contributed by atoms with Crippen LogP contribution in [0.1, 0.15) is 45.1 Å². The molecule has 0 amide bonds. The number of hydrogen-bond donors (Lipinski definition) is 2. The van der Waals surface area contributed by atoms with Crippen LogP contribution in [0.4, 0.5) is 0 Å². The molecule has 2 N–H and O–H groups in total. The molecule has 2 fully saturated rings. The van der Waals surface area contributed by atoms with E-state index in [-0.39, 0.29) is 11.5 Å². The largest absolute Gasteiger partial charge is 0.508 e. The summed E-state index contributed by atoms with van der Waals surface area (Å²) < 4.78 is 0. The van der Waals surface area contributed by atoms with E-state index in [0.29, 0.717) is 23.2 Å². The van der Waals surface area contributed by atoms with Crippen molar-refractivity contribution in [1.29, 1.82) is 0 Å². The number of aromatic hydroxyl groups is 2. The number of benzene rings is 1. The summed E-state index contributed by atoms with van der Waals surface area (Å²) >= 11 is 0. The minimum absolute atomic E-state index is 0.146. The van der Waals surface area contributed by atoms with Gasteiger partial charge in [-0.2, -0.15) is 0 Å². The lowest BCUT2D eigenvalue weighted by Gasteiger charge is -2.40. The molecule has 2 bridgehead atoms. The van der Waals surface area contributed by atoms with E-state index in [2.05, 4.69) is 20.8 Å². The van der Waals surface area contributed by atoms with E-state index in [4.69, 9.17) is 0 Å². The molecule has 2 heteroatoms. The topological polar surface area (TPSA) is 40.5 Å². The number of hydrogen-bond acceptors (Lipinski definition) is 2. The number of phenols is 2. The van der Waals surface area contributed by atoms with Crippen LogP contribution in [0, 0.1) is 23.2 Å². The summed E-state index contributed by atoms with van der Waals surface area (Å²) in [5, 5.41) is 19.4. The van der Waals surface area contributed by atoms with E-state index >= 15 is 0 Å². The molecule has 1 aromatic rings. The van der Waals surface area contributed by atoms with E-state index in [1.165, 1.54) is 18.9 Å². The fourth-order valence-corrected chi connectivity index (χ4v) is 4.36. The molecule has 0 spiro atoms. The Bertz CT molecular complexity index is 474. The Hall–Kier alpha value is -1.18. The van der Waals surface area contributed by atoms with Crippen molar-refractivity contribution in [3.63, 3.8) is 0 Å². The van der Waals surface area contributed by atoms with Gasteiger partial charge < -0.3 is 10.2 Å². The molecule has 0 aromatic heterocycles. The average molecular weight is 246 g/mol. The lowest BCUT2D eigenvalue weighted by Crippen LogP contribution is -2.32. The summed E-state index contributed by atoms with van der Waals surface area (Å²) in [6.45, 7) is 7.12. The maximum absolute atomic E-state index is 10.0. The van der Waals surface area contributed by atoms with Gasteiger partial charge in [-0.15, -0.1) is 0 Å². The summed E-state index contributed by atoms with van der Waals surface area (Å²) in [7, 11) is 0. The minimum Gasteiger partial charge on any atom is -0.508 e. The van der Waals surface area contributed by atoms with Crippen LogP contribution in [-0.4, -0.2) is 10.2 Å². The van der Waals surface area contributed by atoms with Crippen molar-refractivity contribution in [2.24, 2.45) is 23.2 Å². The zero-order chi connectivity index (χ0) is 13.1. The molecule has 0 aliphatic heterocycles. The Labute approximate surface area is 109 Å². The van der Waals surface area contributed by atoms with Crippen LogP contribution in [0.25, 0.3) is 0 Å². The fourth-order valence-electron chi connectivity index (χ4n) is 4.36. The maximum Gasteiger partial charge on any atom is 0.122 e. The van der Waals surface area contributed by atoms with Gasteiger partial charge in [-0.25, -0.2) is 0 Å². The van der Waals surface area contributed by atoms with Gasteiger partial charge in [0.2, 0.25) is 0 Å². The molecule has 1 aromatic carbocycles. The van der Waals surface area contributed by atoms with Crippen LogP contribution in [0.2, 0.25) is 0 Å². The first kappa shape index (κ1) is 11.9. The van der Waals surface area contributed by atoms with Crippen molar-refractivity contribution >= 4 is 0 Å². The van der Waals surface area contributed by atoms with Crippen molar-refractivity contribution in [2.75, 3.05) is 0 Å². The molecule has 2 aliphatic rings. The molecule has 0 radical (unpaired) electrons. The highest BCUT2D eigenvalue weighted by Crippen LogP contribution is 2.64. The predicted molar refractivity (Wildman–Crippen MR) is 71.7 cm³/mol. The third-order valence-corrected chi connectivity index (χ3v) is 5.89. The first-order valence-corrected chi connectivity index (χ1v) is 6.93. The summed E-state index contributed by atoms with van der Waals surface area (Å²) in [5.41, 5.74) is 1.47.